The summed E-state index contributed by atoms with van der Waals surface area (Å²) < 4.78 is 0. The standard InChI is InChI=1S/C10H15N3S/c1-13(8-10(11)14)7-5-9-4-2-3-6-12-9/h2-4,6H,5,7-8H2,1H3,(H2,11,14). The minimum absolute atomic E-state index is 0.536. The van der Waals surface area contributed by atoms with Gasteiger partial charge in [-0.1, -0.05) is 18.3 Å². The third-order valence-corrected chi connectivity index (χ3v) is 2.03. The van der Waals surface area contributed by atoms with E-state index in [1.807, 2.05) is 31.4 Å². The Balaban J connectivity index is 2.30. The molecule has 0 aliphatic rings. The molecule has 0 spiro atoms. The molecule has 1 rings (SSSR count). The molecule has 1 aromatic heterocycles. The maximum Gasteiger partial charge on any atom is 0.0869 e. The molecule has 14 heavy (non-hydrogen) atoms. The van der Waals surface area contributed by atoms with Crippen molar-refractivity contribution >= 4 is 17.2 Å². The molecule has 0 aliphatic carbocycles. The number of pyridine rings is 1. The quantitative estimate of drug-likeness (QED) is 0.730. The van der Waals surface area contributed by atoms with Gasteiger partial charge in [0, 0.05) is 31.4 Å². The second-order valence-corrected chi connectivity index (χ2v) is 3.80. The zero-order valence-electron chi connectivity index (χ0n) is 8.31. The lowest BCUT2D eigenvalue weighted by atomic mass is 10.2. The molecule has 0 radical (unpaired) electrons. The Labute approximate surface area is 89.9 Å². The van der Waals surface area contributed by atoms with Crippen LogP contribution in [-0.2, 0) is 6.42 Å². The average Bonchev–Trinajstić information content (AvgIpc) is 2.15. The molecule has 0 saturated carbocycles. The van der Waals surface area contributed by atoms with Gasteiger partial charge in [0.2, 0.25) is 0 Å². The van der Waals surface area contributed by atoms with Crippen molar-refractivity contribution in [2.75, 3.05) is 20.1 Å². The van der Waals surface area contributed by atoms with Crippen molar-refractivity contribution in [1.29, 1.82) is 0 Å². The maximum atomic E-state index is 5.44. The Morgan fingerprint density at radius 1 is 1.57 bits per heavy atom. The number of rotatable bonds is 5. The number of nitrogens with zero attached hydrogens (tertiary/aromatic N) is 2. The summed E-state index contributed by atoms with van der Waals surface area (Å²) in [5, 5.41) is 0. The number of thiocarbonyl (C=S) groups is 1. The number of hydrogen-bond acceptors (Lipinski definition) is 3. The van der Waals surface area contributed by atoms with Gasteiger partial charge in [0.15, 0.2) is 0 Å². The maximum absolute atomic E-state index is 5.44. The topological polar surface area (TPSA) is 42.2 Å². The Morgan fingerprint density at radius 3 is 2.93 bits per heavy atom. The summed E-state index contributed by atoms with van der Waals surface area (Å²) in [5.74, 6) is 0. The van der Waals surface area contributed by atoms with Gasteiger partial charge in [-0.2, -0.15) is 0 Å². The predicted molar refractivity (Wildman–Crippen MR) is 62.2 cm³/mol. The number of nitrogens with two attached hydrogens (primary N) is 1. The molecule has 0 saturated heterocycles. The molecule has 0 unspecified atom stereocenters. The minimum atomic E-state index is 0.536. The molecule has 3 nitrogen and oxygen atoms in total. The first-order chi connectivity index (χ1) is 6.68. The monoisotopic (exact) mass is 209 g/mol. The SMILES string of the molecule is CN(CCc1ccccn1)CC(N)=S. The largest absolute Gasteiger partial charge is 0.392 e. The van der Waals surface area contributed by atoms with Crippen LogP contribution in [0, 0.1) is 0 Å². The van der Waals surface area contributed by atoms with Gasteiger partial charge in [0.1, 0.15) is 0 Å². The fraction of sp³-hybridized carbons (Fsp3) is 0.400. The van der Waals surface area contributed by atoms with Gasteiger partial charge in [-0.05, 0) is 19.2 Å². The van der Waals surface area contributed by atoms with Crippen molar-refractivity contribution in [2.24, 2.45) is 5.73 Å². The number of hydrogen-bond donors (Lipinski definition) is 1. The smallest absolute Gasteiger partial charge is 0.0869 e. The Hall–Kier alpha value is -1.00. The van der Waals surface area contributed by atoms with E-state index in [1.165, 1.54) is 0 Å². The fourth-order valence-corrected chi connectivity index (χ4v) is 1.42. The van der Waals surface area contributed by atoms with Crippen molar-refractivity contribution in [2.45, 2.75) is 6.42 Å². The predicted octanol–water partition coefficient (Wildman–Crippen LogP) is 0.842. The second-order valence-electron chi connectivity index (χ2n) is 3.28. The first-order valence-corrected chi connectivity index (χ1v) is 4.96. The van der Waals surface area contributed by atoms with Gasteiger partial charge in [-0.25, -0.2) is 0 Å². The van der Waals surface area contributed by atoms with Crippen LogP contribution in [0.2, 0.25) is 0 Å². The highest BCUT2D eigenvalue weighted by Crippen LogP contribution is 1.96. The van der Waals surface area contributed by atoms with Crippen LogP contribution in [0.3, 0.4) is 0 Å². The van der Waals surface area contributed by atoms with Crippen LogP contribution < -0.4 is 5.73 Å². The van der Waals surface area contributed by atoms with E-state index in [9.17, 15) is 0 Å². The average molecular weight is 209 g/mol. The van der Waals surface area contributed by atoms with Crippen LogP contribution in [0.15, 0.2) is 24.4 Å². The molecular weight excluding hydrogens is 194 g/mol. The van der Waals surface area contributed by atoms with E-state index >= 15 is 0 Å². The van der Waals surface area contributed by atoms with Gasteiger partial charge < -0.3 is 5.73 Å². The highest BCUT2D eigenvalue weighted by atomic mass is 32.1. The minimum Gasteiger partial charge on any atom is -0.392 e. The first kappa shape index (κ1) is 11.1. The molecule has 0 aliphatic heterocycles. The van der Waals surface area contributed by atoms with E-state index in [0.29, 0.717) is 11.5 Å². The van der Waals surface area contributed by atoms with Crippen molar-refractivity contribution in [3.05, 3.63) is 30.1 Å². The van der Waals surface area contributed by atoms with Gasteiger partial charge in [-0.15, -0.1) is 0 Å². The summed E-state index contributed by atoms with van der Waals surface area (Å²) in [6.07, 6.45) is 2.74. The lowest BCUT2D eigenvalue weighted by Crippen LogP contribution is -2.31. The van der Waals surface area contributed by atoms with Crippen LogP contribution >= 0.6 is 12.2 Å². The molecule has 76 valence electrons. The van der Waals surface area contributed by atoms with Gasteiger partial charge in [-0.3, -0.25) is 9.88 Å². The third-order valence-electron chi connectivity index (χ3n) is 1.90. The lowest BCUT2D eigenvalue weighted by molar-refractivity contribution is 0.384. The summed E-state index contributed by atoms with van der Waals surface area (Å²) in [6.45, 7) is 1.59. The van der Waals surface area contributed by atoms with E-state index in [0.717, 1.165) is 18.7 Å². The normalized spacial score (nSPS) is 10.4. The van der Waals surface area contributed by atoms with Gasteiger partial charge >= 0.3 is 0 Å². The van der Waals surface area contributed by atoms with Crippen LogP contribution in [-0.4, -0.2) is 35.0 Å². The van der Waals surface area contributed by atoms with Gasteiger partial charge in [0.05, 0.1) is 4.99 Å². The van der Waals surface area contributed by atoms with E-state index in [4.69, 9.17) is 18.0 Å². The van der Waals surface area contributed by atoms with Crippen molar-refractivity contribution in [1.82, 2.24) is 9.88 Å². The summed E-state index contributed by atoms with van der Waals surface area (Å²) >= 11 is 4.82. The highest BCUT2D eigenvalue weighted by molar-refractivity contribution is 7.80. The first-order valence-electron chi connectivity index (χ1n) is 4.55. The van der Waals surface area contributed by atoms with E-state index in [2.05, 4.69) is 9.88 Å². The van der Waals surface area contributed by atoms with Crippen LogP contribution in [0.5, 0.6) is 0 Å². The molecule has 1 heterocycles. The molecule has 4 heteroatoms. The van der Waals surface area contributed by atoms with E-state index in [1.54, 1.807) is 0 Å². The number of likely N-dealkylation sites (N-methyl/N-ethyl adjacent to an activating group) is 1. The van der Waals surface area contributed by atoms with Crippen LogP contribution in [0.25, 0.3) is 0 Å². The van der Waals surface area contributed by atoms with Crippen LogP contribution in [0.1, 0.15) is 5.69 Å². The molecule has 1 aromatic rings. The molecule has 0 fully saturated rings. The van der Waals surface area contributed by atoms with Gasteiger partial charge in [0.25, 0.3) is 0 Å². The summed E-state index contributed by atoms with van der Waals surface area (Å²) in [7, 11) is 2.00. The summed E-state index contributed by atoms with van der Waals surface area (Å²) in [6, 6.07) is 5.94. The van der Waals surface area contributed by atoms with Crippen molar-refractivity contribution in [3.8, 4) is 0 Å². The second kappa shape index (κ2) is 5.67. The molecule has 0 atom stereocenters. The van der Waals surface area contributed by atoms with Crippen molar-refractivity contribution < 1.29 is 0 Å². The third kappa shape index (κ3) is 4.30. The zero-order valence-corrected chi connectivity index (χ0v) is 9.13. The molecule has 0 aromatic carbocycles. The van der Waals surface area contributed by atoms with E-state index < -0.39 is 0 Å². The zero-order chi connectivity index (χ0) is 10.4. The Kier molecular flexibility index (Phi) is 4.49. The van der Waals surface area contributed by atoms with Crippen LogP contribution in [0.4, 0.5) is 0 Å². The highest BCUT2D eigenvalue weighted by Gasteiger charge is 2.00. The summed E-state index contributed by atoms with van der Waals surface area (Å²) in [5.41, 5.74) is 6.54. The molecule has 2 N–H and O–H groups in total. The fourth-order valence-electron chi connectivity index (χ4n) is 1.20. The summed E-state index contributed by atoms with van der Waals surface area (Å²) in [4.78, 5) is 6.87. The van der Waals surface area contributed by atoms with Crippen molar-refractivity contribution in [3.63, 3.8) is 0 Å². The molecular formula is C10H15N3S. The molecule has 0 amide bonds. The lowest BCUT2D eigenvalue weighted by Gasteiger charge is -2.14. The number of aromatic nitrogens is 1. The van der Waals surface area contributed by atoms with E-state index in [-0.39, 0.29) is 0 Å². The molecule has 0 bridgehead atoms. The Morgan fingerprint density at radius 2 is 2.36 bits per heavy atom. The Bertz CT molecular complexity index is 287.